The summed E-state index contributed by atoms with van der Waals surface area (Å²) in [4.78, 5) is 19.2. The third-order valence-electron chi connectivity index (χ3n) is 2.14. The van der Waals surface area contributed by atoms with E-state index in [-0.39, 0.29) is 23.2 Å². The standard InChI is InChI=1S/C9H12N6O2/c1-6(3-10)4-14(2)9-7(15(16)17)8(11)12-5-13-9/h5-6H,4H2,1-2H3,(H2,11,12,13). The van der Waals surface area contributed by atoms with Crippen LogP contribution in [-0.4, -0.2) is 28.5 Å². The maximum atomic E-state index is 10.9. The summed E-state index contributed by atoms with van der Waals surface area (Å²) in [7, 11) is 1.61. The second kappa shape index (κ2) is 5.07. The second-order valence-electron chi connectivity index (χ2n) is 3.60. The fourth-order valence-corrected chi connectivity index (χ4v) is 1.38. The van der Waals surface area contributed by atoms with Crippen molar-refractivity contribution in [2.24, 2.45) is 5.92 Å². The topological polar surface area (TPSA) is 122 Å². The number of hydrogen-bond acceptors (Lipinski definition) is 7. The van der Waals surface area contributed by atoms with Crippen molar-refractivity contribution < 1.29 is 4.92 Å². The lowest BCUT2D eigenvalue weighted by atomic mass is 10.2. The smallest absolute Gasteiger partial charge is 0.353 e. The average molecular weight is 236 g/mol. The zero-order valence-electron chi connectivity index (χ0n) is 9.49. The molecule has 8 nitrogen and oxygen atoms in total. The molecule has 8 heteroatoms. The summed E-state index contributed by atoms with van der Waals surface area (Å²) in [6, 6.07) is 2.04. The molecule has 0 radical (unpaired) electrons. The van der Waals surface area contributed by atoms with E-state index in [0.717, 1.165) is 6.33 Å². The quantitative estimate of drug-likeness (QED) is 0.598. The predicted molar refractivity (Wildman–Crippen MR) is 61.1 cm³/mol. The Bertz CT molecular complexity index is 469. The first-order valence-electron chi connectivity index (χ1n) is 4.83. The summed E-state index contributed by atoms with van der Waals surface area (Å²) in [5, 5.41) is 19.6. The lowest BCUT2D eigenvalue weighted by Gasteiger charge is -2.18. The Morgan fingerprint density at radius 3 is 2.88 bits per heavy atom. The summed E-state index contributed by atoms with van der Waals surface area (Å²) in [5.41, 5.74) is 5.11. The fourth-order valence-electron chi connectivity index (χ4n) is 1.38. The molecule has 0 amide bonds. The van der Waals surface area contributed by atoms with E-state index in [1.54, 1.807) is 14.0 Å². The van der Waals surface area contributed by atoms with Gasteiger partial charge < -0.3 is 10.6 Å². The van der Waals surface area contributed by atoms with Crippen molar-refractivity contribution in [3.8, 4) is 6.07 Å². The molecule has 0 spiro atoms. The maximum Gasteiger partial charge on any atom is 0.353 e. The van der Waals surface area contributed by atoms with Gasteiger partial charge in [-0.3, -0.25) is 10.1 Å². The van der Waals surface area contributed by atoms with Gasteiger partial charge in [0.2, 0.25) is 11.6 Å². The molecule has 1 rings (SSSR count). The lowest BCUT2D eigenvalue weighted by molar-refractivity contribution is -0.383. The minimum Gasteiger partial charge on any atom is -0.378 e. The zero-order valence-corrected chi connectivity index (χ0v) is 9.49. The van der Waals surface area contributed by atoms with Crippen molar-refractivity contribution in [1.82, 2.24) is 9.97 Å². The highest BCUT2D eigenvalue weighted by Crippen LogP contribution is 2.29. The van der Waals surface area contributed by atoms with Crippen LogP contribution in [0.15, 0.2) is 6.33 Å². The number of hydrogen-bond donors (Lipinski definition) is 1. The van der Waals surface area contributed by atoms with Crippen LogP contribution in [0, 0.1) is 27.4 Å². The van der Waals surface area contributed by atoms with Crippen LogP contribution in [0.2, 0.25) is 0 Å². The minimum absolute atomic E-state index is 0.115. The van der Waals surface area contributed by atoms with Crippen molar-refractivity contribution in [3.05, 3.63) is 16.4 Å². The number of nitro groups is 1. The maximum absolute atomic E-state index is 10.9. The van der Waals surface area contributed by atoms with Crippen LogP contribution >= 0.6 is 0 Å². The van der Waals surface area contributed by atoms with Crippen molar-refractivity contribution in [2.75, 3.05) is 24.2 Å². The molecule has 17 heavy (non-hydrogen) atoms. The Morgan fingerprint density at radius 2 is 2.35 bits per heavy atom. The molecule has 1 aromatic heterocycles. The van der Waals surface area contributed by atoms with E-state index >= 15 is 0 Å². The molecule has 90 valence electrons. The van der Waals surface area contributed by atoms with Crippen LogP contribution in [0.4, 0.5) is 17.3 Å². The number of nitrogens with zero attached hydrogens (tertiary/aromatic N) is 5. The van der Waals surface area contributed by atoms with Gasteiger partial charge in [-0.05, 0) is 6.92 Å². The van der Waals surface area contributed by atoms with Crippen LogP contribution in [0.25, 0.3) is 0 Å². The molecule has 2 N–H and O–H groups in total. The molecule has 1 unspecified atom stereocenters. The highest BCUT2D eigenvalue weighted by molar-refractivity contribution is 5.68. The third kappa shape index (κ3) is 2.78. The van der Waals surface area contributed by atoms with E-state index in [1.807, 2.05) is 6.07 Å². The first-order valence-corrected chi connectivity index (χ1v) is 4.83. The molecule has 0 aromatic carbocycles. The van der Waals surface area contributed by atoms with Crippen molar-refractivity contribution in [1.29, 1.82) is 5.26 Å². The van der Waals surface area contributed by atoms with Gasteiger partial charge in [-0.15, -0.1) is 0 Å². The molecular formula is C9H12N6O2. The lowest BCUT2D eigenvalue weighted by Crippen LogP contribution is -2.25. The number of nitrogen functional groups attached to an aromatic ring is 1. The summed E-state index contributed by atoms with van der Waals surface area (Å²) in [5.74, 6) is -0.336. The summed E-state index contributed by atoms with van der Waals surface area (Å²) in [6.45, 7) is 2.04. The largest absolute Gasteiger partial charge is 0.378 e. The number of nitrogens with two attached hydrogens (primary N) is 1. The number of rotatable bonds is 4. The Kier molecular flexibility index (Phi) is 3.77. The Labute approximate surface area is 97.8 Å². The molecule has 1 aromatic rings. The van der Waals surface area contributed by atoms with E-state index in [0.29, 0.717) is 6.54 Å². The van der Waals surface area contributed by atoms with Gasteiger partial charge in [-0.2, -0.15) is 5.26 Å². The number of aromatic nitrogens is 2. The van der Waals surface area contributed by atoms with E-state index in [9.17, 15) is 10.1 Å². The van der Waals surface area contributed by atoms with Gasteiger partial charge in [0, 0.05) is 13.6 Å². The van der Waals surface area contributed by atoms with Crippen LogP contribution in [0.3, 0.4) is 0 Å². The van der Waals surface area contributed by atoms with Gasteiger partial charge >= 0.3 is 5.69 Å². The normalized spacial score (nSPS) is 11.6. The summed E-state index contributed by atoms with van der Waals surface area (Å²) >= 11 is 0. The molecule has 0 aliphatic rings. The zero-order chi connectivity index (χ0) is 13.0. The van der Waals surface area contributed by atoms with Crippen LogP contribution in [-0.2, 0) is 0 Å². The van der Waals surface area contributed by atoms with Gasteiger partial charge in [0.15, 0.2) is 0 Å². The monoisotopic (exact) mass is 236 g/mol. The molecule has 0 saturated heterocycles. The van der Waals surface area contributed by atoms with E-state index in [2.05, 4.69) is 9.97 Å². The van der Waals surface area contributed by atoms with Crippen molar-refractivity contribution in [3.63, 3.8) is 0 Å². The van der Waals surface area contributed by atoms with E-state index < -0.39 is 4.92 Å². The van der Waals surface area contributed by atoms with Gasteiger partial charge in [0.05, 0.1) is 16.9 Å². The minimum atomic E-state index is -0.627. The van der Waals surface area contributed by atoms with Crippen LogP contribution < -0.4 is 10.6 Å². The summed E-state index contributed by atoms with van der Waals surface area (Å²) in [6.07, 6.45) is 1.16. The average Bonchev–Trinajstić information content (AvgIpc) is 2.27. The predicted octanol–water partition coefficient (Wildman–Crippen LogP) is 0.563. The Morgan fingerprint density at radius 1 is 1.71 bits per heavy atom. The summed E-state index contributed by atoms with van der Waals surface area (Å²) < 4.78 is 0. The first kappa shape index (κ1) is 12.6. The highest BCUT2D eigenvalue weighted by Gasteiger charge is 2.24. The first-order chi connectivity index (χ1) is 7.97. The molecule has 0 aliphatic heterocycles. The Balaban J connectivity index is 3.10. The highest BCUT2D eigenvalue weighted by atomic mass is 16.6. The van der Waals surface area contributed by atoms with Gasteiger partial charge in [0.1, 0.15) is 6.33 Å². The molecule has 0 aliphatic carbocycles. The molecule has 1 atom stereocenters. The third-order valence-corrected chi connectivity index (χ3v) is 2.14. The van der Waals surface area contributed by atoms with E-state index in [1.165, 1.54) is 4.90 Å². The van der Waals surface area contributed by atoms with Gasteiger partial charge in [-0.1, -0.05) is 0 Å². The van der Waals surface area contributed by atoms with E-state index in [4.69, 9.17) is 11.0 Å². The Hall–Kier alpha value is -2.43. The molecule has 0 saturated carbocycles. The van der Waals surface area contributed by atoms with Crippen molar-refractivity contribution >= 4 is 17.3 Å². The number of anilines is 2. The molecule has 0 fully saturated rings. The molecular weight excluding hydrogens is 224 g/mol. The van der Waals surface area contributed by atoms with Gasteiger partial charge in [0.25, 0.3) is 0 Å². The number of nitriles is 1. The van der Waals surface area contributed by atoms with Crippen molar-refractivity contribution in [2.45, 2.75) is 6.92 Å². The molecule has 1 heterocycles. The van der Waals surface area contributed by atoms with Gasteiger partial charge in [-0.25, -0.2) is 9.97 Å². The van der Waals surface area contributed by atoms with Crippen LogP contribution in [0.1, 0.15) is 6.92 Å². The fraction of sp³-hybridized carbons (Fsp3) is 0.444. The second-order valence-corrected chi connectivity index (χ2v) is 3.60. The van der Waals surface area contributed by atoms with Crippen LogP contribution in [0.5, 0.6) is 0 Å². The molecule has 0 bridgehead atoms. The SMILES string of the molecule is CC(C#N)CN(C)c1ncnc(N)c1[N+](=O)[O-].